The standard InChI is InChI=1S/C23H27N5O2/c1-13-7-9-16(12-24-13)23(6)20(29)26-19(27-23)15-8-10-17-18(11-15)28(21(30)25-17)14(2)22(3,4)5/h7-12,14H,1-6H3,(H,25,30)(H,26,27,29)/t14-,23+/m1/s1. The lowest BCUT2D eigenvalue weighted by atomic mass is 9.88. The third-order valence-electron chi connectivity index (χ3n) is 6.11. The Labute approximate surface area is 175 Å². The summed E-state index contributed by atoms with van der Waals surface area (Å²) in [4.78, 5) is 37.4. The normalized spacial score (nSPS) is 20.3. The van der Waals surface area contributed by atoms with Gasteiger partial charge in [-0.05, 0) is 50.5 Å². The predicted octanol–water partition coefficient (Wildman–Crippen LogP) is 3.43. The number of rotatable bonds is 3. The molecule has 7 nitrogen and oxygen atoms in total. The second kappa shape index (κ2) is 6.65. The zero-order chi connectivity index (χ0) is 21.8. The van der Waals surface area contributed by atoms with Crippen LogP contribution in [-0.2, 0) is 10.3 Å². The molecule has 156 valence electrons. The summed E-state index contributed by atoms with van der Waals surface area (Å²) in [5.74, 6) is 0.298. The van der Waals surface area contributed by atoms with Crippen LogP contribution in [0.3, 0.4) is 0 Å². The van der Waals surface area contributed by atoms with Gasteiger partial charge in [0.15, 0.2) is 5.54 Å². The fourth-order valence-electron chi connectivity index (χ4n) is 3.66. The maximum Gasteiger partial charge on any atom is 0.326 e. The van der Waals surface area contributed by atoms with E-state index < -0.39 is 5.54 Å². The van der Waals surface area contributed by atoms with Gasteiger partial charge >= 0.3 is 5.69 Å². The summed E-state index contributed by atoms with van der Waals surface area (Å²) in [5.41, 5.74) is 2.66. The van der Waals surface area contributed by atoms with E-state index in [-0.39, 0.29) is 23.1 Å². The maximum absolute atomic E-state index is 12.8. The van der Waals surface area contributed by atoms with E-state index in [0.29, 0.717) is 5.84 Å². The molecular formula is C23H27N5O2. The number of amidine groups is 1. The second-order valence-electron chi connectivity index (χ2n) is 9.25. The molecule has 3 aromatic rings. The summed E-state index contributed by atoms with van der Waals surface area (Å²) in [6.45, 7) is 12.0. The lowest BCUT2D eigenvalue weighted by molar-refractivity contribution is -0.123. The summed E-state index contributed by atoms with van der Waals surface area (Å²) in [6.07, 6.45) is 1.69. The molecule has 0 bridgehead atoms. The van der Waals surface area contributed by atoms with Gasteiger partial charge in [-0.25, -0.2) is 9.79 Å². The van der Waals surface area contributed by atoms with Gasteiger partial charge in [-0.15, -0.1) is 0 Å². The van der Waals surface area contributed by atoms with Crippen molar-refractivity contribution >= 4 is 22.8 Å². The number of aromatic nitrogens is 3. The van der Waals surface area contributed by atoms with Crippen LogP contribution < -0.4 is 11.0 Å². The van der Waals surface area contributed by atoms with E-state index in [1.54, 1.807) is 17.7 Å². The fraction of sp³-hybridized carbons (Fsp3) is 0.391. The smallest absolute Gasteiger partial charge is 0.308 e. The summed E-state index contributed by atoms with van der Waals surface area (Å²) < 4.78 is 1.78. The number of aromatic amines is 1. The van der Waals surface area contributed by atoms with Crippen molar-refractivity contribution in [2.45, 2.75) is 53.1 Å². The van der Waals surface area contributed by atoms with Gasteiger partial charge in [-0.1, -0.05) is 26.8 Å². The number of amides is 1. The summed E-state index contributed by atoms with van der Waals surface area (Å²) in [5, 5.41) is 2.91. The van der Waals surface area contributed by atoms with E-state index in [4.69, 9.17) is 4.99 Å². The number of hydrogen-bond donors (Lipinski definition) is 2. The molecule has 0 saturated carbocycles. The van der Waals surface area contributed by atoms with Crippen molar-refractivity contribution in [1.29, 1.82) is 0 Å². The first-order valence-corrected chi connectivity index (χ1v) is 10.1. The molecule has 2 aromatic heterocycles. The number of aryl methyl sites for hydroxylation is 1. The van der Waals surface area contributed by atoms with Crippen LogP contribution in [0.25, 0.3) is 11.0 Å². The van der Waals surface area contributed by atoms with Crippen LogP contribution in [0.1, 0.15) is 57.5 Å². The summed E-state index contributed by atoms with van der Waals surface area (Å²) in [6, 6.07) is 9.37. The number of benzene rings is 1. The van der Waals surface area contributed by atoms with Gasteiger partial charge in [-0.2, -0.15) is 0 Å². The highest BCUT2D eigenvalue weighted by atomic mass is 16.2. The minimum atomic E-state index is -1.04. The van der Waals surface area contributed by atoms with Crippen molar-refractivity contribution in [1.82, 2.24) is 19.9 Å². The summed E-state index contributed by atoms with van der Waals surface area (Å²) in [7, 11) is 0. The van der Waals surface area contributed by atoms with Gasteiger partial charge in [0.25, 0.3) is 5.91 Å². The largest absolute Gasteiger partial charge is 0.326 e. The number of nitrogens with zero attached hydrogens (tertiary/aromatic N) is 3. The Morgan fingerprint density at radius 1 is 1.13 bits per heavy atom. The molecule has 4 rings (SSSR count). The van der Waals surface area contributed by atoms with Crippen molar-refractivity contribution < 1.29 is 4.79 Å². The van der Waals surface area contributed by atoms with E-state index >= 15 is 0 Å². The van der Waals surface area contributed by atoms with Crippen LogP contribution in [0.15, 0.2) is 46.3 Å². The molecule has 0 saturated heterocycles. The molecule has 1 aliphatic rings. The van der Waals surface area contributed by atoms with E-state index in [0.717, 1.165) is 27.9 Å². The maximum atomic E-state index is 12.8. The van der Waals surface area contributed by atoms with E-state index in [9.17, 15) is 9.59 Å². The molecule has 3 heterocycles. The molecule has 2 N–H and O–H groups in total. The first-order valence-electron chi connectivity index (χ1n) is 10.1. The SMILES string of the molecule is Cc1ccc([C@]2(C)N=C(c3ccc4[nH]c(=O)n([C@H](C)C(C)(C)C)c4c3)NC2=O)cn1. The molecule has 2 atom stereocenters. The molecule has 7 heteroatoms. The van der Waals surface area contributed by atoms with E-state index in [1.807, 2.05) is 44.2 Å². The molecule has 1 aromatic carbocycles. The molecule has 0 radical (unpaired) electrons. The van der Waals surface area contributed by atoms with Crippen molar-refractivity contribution in [3.63, 3.8) is 0 Å². The molecule has 1 aliphatic heterocycles. The Morgan fingerprint density at radius 2 is 1.87 bits per heavy atom. The first-order chi connectivity index (χ1) is 14.0. The van der Waals surface area contributed by atoms with Gasteiger partial charge in [-0.3, -0.25) is 14.3 Å². The number of carbonyl (C=O) groups excluding carboxylic acids is 1. The van der Waals surface area contributed by atoms with Crippen LogP contribution in [0, 0.1) is 12.3 Å². The molecule has 0 aliphatic carbocycles. The molecule has 0 spiro atoms. The van der Waals surface area contributed by atoms with Crippen LogP contribution in [0.5, 0.6) is 0 Å². The van der Waals surface area contributed by atoms with Crippen LogP contribution in [0.4, 0.5) is 0 Å². The minimum absolute atomic E-state index is 0.0157. The lowest BCUT2D eigenvalue weighted by Crippen LogP contribution is -2.35. The Kier molecular flexibility index (Phi) is 4.45. The molecule has 1 amide bonds. The number of pyridine rings is 1. The summed E-state index contributed by atoms with van der Waals surface area (Å²) >= 11 is 0. The number of imidazole rings is 1. The van der Waals surface area contributed by atoms with Crippen LogP contribution >= 0.6 is 0 Å². The number of H-pyrrole nitrogens is 1. The zero-order valence-corrected chi connectivity index (χ0v) is 18.2. The van der Waals surface area contributed by atoms with Gasteiger partial charge in [0.05, 0.1) is 11.0 Å². The molecular weight excluding hydrogens is 378 g/mol. The number of nitrogens with one attached hydrogen (secondary N) is 2. The fourth-order valence-corrected chi connectivity index (χ4v) is 3.66. The van der Waals surface area contributed by atoms with E-state index in [2.05, 4.69) is 36.1 Å². The quantitative estimate of drug-likeness (QED) is 0.699. The molecule has 30 heavy (non-hydrogen) atoms. The Balaban J connectivity index is 1.81. The topological polar surface area (TPSA) is 92.1 Å². The van der Waals surface area contributed by atoms with Gasteiger partial charge < -0.3 is 10.3 Å². The predicted molar refractivity (Wildman–Crippen MR) is 118 cm³/mol. The third kappa shape index (κ3) is 3.14. The average molecular weight is 406 g/mol. The van der Waals surface area contributed by atoms with Gasteiger partial charge in [0, 0.05) is 29.1 Å². The Bertz CT molecular complexity index is 1230. The number of hydrogen-bond acceptors (Lipinski definition) is 4. The highest BCUT2D eigenvalue weighted by molar-refractivity contribution is 6.16. The number of aliphatic imine (C=N–C) groups is 1. The van der Waals surface area contributed by atoms with Crippen LogP contribution in [-0.4, -0.2) is 26.3 Å². The van der Waals surface area contributed by atoms with Crippen molar-refractivity contribution in [2.24, 2.45) is 10.4 Å². The highest BCUT2D eigenvalue weighted by Crippen LogP contribution is 2.33. The highest BCUT2D eigenvalue weighted by Gasteiger charge is 2.41. The Morgan fingerprint density at radius 3 is 2.50 bits per heavy atom. The average Bonchev–Trinajstić information content (AvgIpc) is 3.16. The van der Waals surface area contributed by atoms with Crippen molar-refractivity contribution in [3.05, 3.63) is 63.8 Å². The Hall–Kier alpha value is -3.22. The monoisotopic (exact) mass is 405 g/mol. The number of carbonyl (C=O) groups is 1. The lowest BCUT2D eigenvalue weighted by Gasteiger charge is -2.28. The van der Waals surface area contributed by atoms with Crippen molar-refractivity contribution in [2.75, 3.05) is 0 Å². The zero-order valence-electron chi connectivity index (χ0n) is 18.2. The van der Waals surface area contributed by atoms with E-state index in [1.165, 1.54) is 0 Å². The second-order valence-corrected chi connectivity index (χ2v) is 9.25. The minimum Gasteiger partial charge on any atom is -0.308 e. The van der Waals surface area contributed by atoms with Gasteiger partial charge in [0.1, 0.15) is 5.84 Å². The number of fused-ring (bicyclic) bond motifs is 1. The molecule has 0 unspecified atom stereocenters. The van der Waals surface area contributed by atoms with Gasteiger partial charge in [0.2, 0.25) is 0 Å². The first kappa shape index (κ1) is 20.1. The van der Waals surface area contributed by atoms with Crippen molar-refractivity contribution in [3.8, 4) is 0 Å². The third-order valence-corrected chi connectivity index (χ3v) is 6.11. The van der Waals surface area contributed by atoms with Crippen LogP contribution in [0.2, 0.25) is 0 Å². The molecule has 0 fully saturated rings.